The van der Waals surface area contributed by atoms with E-state index in [1.54, 1.807) is 6.92 Å². The van der Waals surface area contributed by atoms with Gasteiger partial charge in [0.2, 0.25) is 5.76 Å². The van der Waals surface area contributed by atoms with Gasteiger partial charge in [0.1, 0.15) is 5.76 Å². The predicted octanol–water partition coefficient (Wildman–Crippen LogP) is 2.20. The fourth-order valence-corrected chi connectivity index (χ4v) is 2.93. The van der Waals surface area contributed by atoms with Gasteiger partial charge in [0.05, 0.1) is 6.54 Å². The van der Waals surface area contributed by atoms with Gasteiger partial charge in [0.15, 0.2) is 0 Å². The first-order chi connectivity index (χ1) is 9.51. The summed E-state index contributed by atoms with van der Waals surface area (Å²) in [5, 5.41) is 9.05. The fraction of sp³-hybridized carbons (Fsp3) is 0.667. The number of hydrogen-bond acceptors (Lipinski definition) is 4. The van der Waals surface area contributed by atoms with Crippen molar-refractivity contribution in [1.29, 1.82) is 0 Å². The molecule has 1 aliphatic rings. The summed E-state index contributed by atoms with van der Waals surface area (Å²) >= 11 is 0. The lowest BCUT2D eigenvalue weighted by atomic mass is 10.1. The van der Waals surface area contributed by atoms with Crippen LogP contribution in [-0.4, -0.2) is 53.6 Å². The number of nitrogens with zero attached hydrogens (tertiary/aromatic N) is 2. The number of carboxylic acid groups (broad SMARTS) is 1. The second kappa shape index (κ2) is 6.41. The quantitative estimate of drug-likeness (QED) is 0.916. The Morgan fingerprint density at radius 1 is 1.50 bits per heavy atom. The highest BCUT2D eigenvalue weighted by Crippen LogP contribution is 2.20. The Kier molecular flexibility index (Phi) is 4.83. The second-order valence-electron chi connectivity index (χ2n) is 5.68. The van der Waals surface area contributed by atoms with Crippen LogP contribution < -0.4 is 0 Å². The molecule has 0 saturated carbocycles. The minimum absolute atomic E-state index is 0.0694. The van der Waals surface area contributed by atoms with Gasteiger partial charge in [-0.25, -0.2) is 4.79 Å². The van der Waals surface area contributed by atoms with E-state index < -0.39 is 5.97 Å². The number of aryl methyl sites for hydroxylation is 1. The third kappa shape index (κ3) is 3.41. The molecule has 0 radical (unpaired) electrons. The van der Waals surface area contributed by atoms with Crippen LogP contribution in [0.25, 0.3) is 0 Å². The number of rotatable bonds is 4. The van der Waals surface area contributed by atoms with Crippen molar-refractivity contribution in [1.82, 2.24) is 9.80 Å². The lowest BCUT2D eigenvalue weighted by Crippen LogP contribution is -2.39. The largest absolute Gasteiger partial charge is 0.475 e. The molecule has 20 heavy (non-hydrogen) atoms. The van der Waals surface area contributed by atoms with E-state index >= 15 is 0 Å². The molecule has 1 fully saturated rings. The van der Waals surface area contributed by atoms with Crippen molar-refractivity contribution in [3.05, 3.63) is 23.2 Å². The highest BCUT2D eigenvalue weighted by molar-refractivity contribution is 5.86. The van der Waals surface area contributed by atoms with E-state index in [9.17, 15) is 4.79 Å². The molecule has 0 amide bonds. The van der Waals surface area contributed by atoms with Crippen molar-refractivity contribution in [2.45, 2.75) is 39.3 Å². The molecule has 1 aromatic rings. The van der Waals surface area contributed by atoms with Gasteiger partial charge in [0, 0.05) is 24.7 Å². The normalized spacial score (nSPS) is 21.9. The number of hydrogen-bond donors (Lipinski definition) is 1. The van der Waals surface area contributed by atoms with Crippen LogP contribution in [0.4, 0.5) is 0 Å². The Balaban J connectivity index is 2.10. The number of aromatic carboxylic acids is 1. The Morgan fingerprint density at radius 3 is 2.85 bits per heavy atom. The first-order valence-corrected chi connectivity index (χ1v) is 7.26. The summed E-state index contributed by atoms with van der Waals surface area (Å²) in [5.41, 5.74) is 0.701. The lowest BCUT2D eigenvalue weighted by molar-refractivity contribution is 0.0656. The highest BCUT2D eigenvalue weighted by atomic mass is 16.4. The van der Waals surface area contributed by atoms with E-state index in [1.165, 1.54) is 0 Å². The van der Waals surface area contributed by atoms with E-state index in [4.69, 9.17) is 9.52 Å². The van der Waals surface area contributed by atoms with E-state index in [-0.39, 0.29) is 5.76 Å². The summed E-state index contributed by atoms with van der Waals surface area (Å²) in [6.45, 7) is 7.88. The zero-order valence-corrected chi connectivity index (χ0v) is 12.6. The molecule has 1 saturated heterocycles. The summed E-state index contributed by atoms with van der Waals surface area (Å²) in [6, 6.07) is 2.35. The van der Waals surface area contributed by atoms with Gasteiger partial charge in [-0.15, -0.1) is 0 Å². The molecule has 0 bridgehead atoms. The van der Waals surface area contributed by atoms with Crippen molar-refractivity contribution in [3.63, 3.8) is 0 Å². The topological polar surface area (TPSA) is 56.9 Å². The Morgan fingerprint density at radius 2 is 2.25 bits per heavy atom. The Hall–Kier alpha value is -1.33. The van der Waals surface area contributed by atoms with Gasteiger partial charge in [-0.1, -0.05) is 6.92 Å². The van der Waals surface area contributed by atoms with Crippen LogP contribution in [0.5, 0.6) is 0 Å². The molecular weight excluding hydrogens is 256 g/mol. The van der Waals surface area contributed by atoms with Crippen LogP contribution in [0, 0.1) is 6.92 Å². The third-order valence-corrected chi connectivity index (χ3v) is 4.02. The van der Waals surface area contributed by atoms with E-state index in [0.29, 0.717) is 18.2 Å². The van der Waals surface area contributed by atoms with Gasteiger partial charge in [-0.05, 0) is 39.4 Å². The van der Waals surface area contributed by atoms with Crippen LogP contribution >= 0.6 is 0 Å². The first kappa shape index (κ1) is 15.1. The minimum Gasteiger partial charge on any atom is -0.475 e. The minimum atomic E-state index is -0.989. The summed E-state index contributed by atoms with van der Waals surface area (Å²) < 4.78 is 5.48. The van der Waals surface area contributed by atoms with E-state index in [1.807, 2.05) is 6.07 Å². The average molecular weight is 280 g/mol. The lowest BCUT2D eigenvalue weighted by Gasteiger charge is -2.29. The maximum Gasteiger partial charge on any atom is 0.372 e. The van der Waals surface area contributed by atoms with Gasteiger partial charge in [-0.3, -0.25) is 4.90 Å². The van der Waals surface area contributed by atoms with Crippen molar-refractivity contribution in [2.24, 2.45) is 0 Å². The second-order valence-corrected chi connectivity index (χ2v) is 5.68. The monoisotopic (exact) mass is 280 g/mol. The van der Waals surface area contributed by atoms with Crippen molar-refractivity contribution in [3.8, 4) is 0 Å². The number of carboxylic acids is 1. The van der Waals surface area contributed by atoms with E-state index in [2.05, 4.69) is 23.8 Å². The summed E-state index contributed by atoms with van der Waals surface area (Å²) in [4.78, 5) is 15.8. The SMILES string of the molecule is CCC1CN(C)CCCN1Cc1cc(C)c(C(=O)O)o1. The van der Waals surface area contributed by atoms with Crippen LogP contribution in [0.15, 0.2) is 10.5 Å². The van der Waals surface area contributed by atoms with Gasteiger partial charge in [-0.2, -0.15) is 0 Å². The molecular formula is C15H24N2O3. The Bertz CT molecular complexity index is 470. The molecule has 2 rings (SSSR count). The predicted molar refractivity (Wildman–Crippen MR) is 77.0 cm³/mol. The van der Waals surface area contributed by atoms with Crippen LogP contribution in [0.3, 0.4) is 0 Å². The van der Waals surface area contributed by atoms with E-state index in [0.717, 1.165) is 38.2 Å². The number of carbonyl (C=O) groups is 1. The number of furan rings is 1. The molecule has 0 aromatic carbocycles. The van der Waals surface area contributed by atoms with Crippen molar-refractivity contribution in [2.75, 3.05) is 26.7 Å². The molecule has 1 atom stereocenters. The Labute approximate surface area is 120 Å². The van der Waals surface area contributed by atoms with Crippen molar-refractivity contribution >= 4 is 5.97 Å². The molecule has 2 heterocycles. The van der Waals surface area contributed by atoms with Gasteiger partial charge < -0.3 is 14.4 Å². The standard InChI is InChI=1S/C15H24N2O3/c1-4-12-9-16(3)6-5-7-17(12)10-13-8-11(2)14(20-13)15(18)19/h8,12H,4-7,9-10H2,1-3H3,(H,18,19). The summed E-state index contributed by atoms with van der Waals surface area (Å²) in [7, 11) is 2.16. The molecule has 0 spiro atoms. The molecule has 5 nitrogen and oxygen atoms in total. The van der Waals surface area contributed by atoms with Gasteiger partial charge in [0.25, 0.3) is 0 Å². The molecule has 1 N–H and O–H groups in total. The molecule has 1 aliphatic heterocycles. The molecule has 1 unspecified atom stereocenters. The smallest absolute Gasteiger partial charge is 0.372 e. The molecule has 1 aromatic heterocycles. The van der Waals surface area contributed by atoms with Gasteiger partial charge >= 0.3 is 5.97 Å². The summed E-state index contributed by atoms with van der Waals surface area (Å²) in [5.74, 6) is -0.167. The maximum absolute atomic E-state index is 11.0. The average Bonchev–Trinajstić information content (AvgIpc) is 2.66. The first-order valence-electron chi connectivity index (χ1n) is 7.26. The molecule has 5 heteroatoms. The molecule has 112 valence electrons. The van der Waals surface area contributed by atoms with Crippen LogP contribution in [0.1, 0.15) is 41.6 Å². The third-order valence-electron chi connectivity index (χ3n) is 4.02. The van der Waals surface area contributed by atoms with Crippen LogP contribution in [-0.2, 0) is 6.54 Å². The van der Waals surface area contributed by atoms with Crippen molar-refractivity contribution < 1.29 is 14.3 Å². The zero-order chi connectivity index (χ0) is 14.7. The maximum atomic E-state index is 11.0. The number of likely N-dealkylation sites (N-methyl/N-ethyl adjacent to an activating group) is 1. The highest BCUT2D eigenvalue weighted by Gasteiger charge is 2.24. The van der Waals surface area contributed by atoms with Crippen LogP contribution in [0.2, 0.25) is 0 Å². The fourth-order valence-electron chi connectivity index (χ4n) is 2.93. The summed E-state index contributed by atoms with van der Waals surface area (Å²) in [6.07, 6.45) is 2.23. The zero-order valence-electron chi connectivity index (χ0n) is 12.6. The molecule has 0 aliphatic carbocycles.